The summed E-state index contributed by atoms with van der Waals surface area (Å²) < 4.78 is 27.0. The van der Waals surface area contributed by atoms with E-state index in [1.165, 1.54) is 0 Å². The molecule has 0 atom stereocenters. The molecule has 1 aromatic carbocycles. The van der Waals surface area contributed by atoms with Crippen LogP contribution in [0.25, 0.3) is 0 Å². The molecule has 0 aromatic heterocycles. The number of primary sulfonamides is 1. The van der Waals surface area contributed by atoms with Gasteiger partial charge in [-0.2, -0.15) is 0 Å². The van der Waals surface area contributed by atoms with E-state index in [9.17, 15) is 8.42 Å². The second-order valence-electron chi connectivity index (χ2n) is 3.93. The topological polar surface area (TPSA) is 107 Å². The van der Waals surface area contributed by atoms with Gasteiger partial charge in [0.05, 0.1) is 12.4 Å². The largest absolute Gasteiger partial charge is 0.493 e. The Morgan fingerprint density at radius 1 is 1.33 bits per heavy atom. The standard InChI is InChI=1S/C11H19N3O3S/c1-2-4-17-11-7-9(12)6-10(8-11)14-3-5-18(13,15)16/h6-8,14H,2-5,12H2,1H3,(H2,13,15,16). The third-order valence-electron chi connectivity index (χ3n) is 2.12. The van der Waals surface area contributed by atoms with Crippen molar-refractivity contribution in [3.8, 4) is 5.75 Å². The normalized spacial score (nSPS) is 11.2. The van der Waals surface area contributed by atoms with E-state index in [0.717, 1.165) is 6.42 Å². The van der Waals surface area contributed by atoms with Gasteiger partial charge in [0.2, 0.25) is 10.0 Å². The number of hydrogen-bond acceptors (Lipinski definition) is 5. The summed E-state index contributed by atoms with van der Waals surface area (Å²) in [5.74, 6) is 0.530. The molecule has 0 radical (unpaired) electrons. The summed E-state index contributed by atoms with van der Waals surface area (Å²) in [6.45, 7) is 2.85. The Bertz CT molecular complexity index is 488. The van der Waals surface area contributed by atoms with Crippen LogP contribution in [0.1, 0.15) is 13.3 Å². The predicted molar refractivity (Wildman–Crippen MR) is 73.1 cm³/mol. The van der Waals surface area contributed by atoms with Gasteiger partial charge in [0.15, 0.2) is 0 Å². The summed E-state index contributed by atoms with van der Waals surface area (Å²) in [7, 11) is -3.45. The fraction of sp³-hybridized carbons (Fsp3) is 0.455. The zero-order valence-corrected chi connectivity index (χ0v) is 11.2. The summed E-state index contributed by atoms with van der Waals surface area (Å²) in [6.07, 6.45) is 0.906. The smallest absolute Gasteiger partial charge is 0.210 e. The number of nitrogens with one attached hydrogen (secondary N) is 1. The van der Waals surface area contributed by atoms with Crippen molar-refractivity contribution < 1.29 is 13.2 Å². The van der Waals surface area contributed by atoms with E-state index in [1.807, 2.05) is 6.92 Å². The van der Waals surface area contributed by atoms with Crippen LogP contribution in [0.3, 0.4) is 0 Å². The van der Waals surface area contributed by atoms with Gasteiger partial charge in [-0.25, -0.2) is 13.6 Å². The van der Waals surface area contributed by atoms with Gasteiger partial charge in [-0.1, -0.05) is 6.92 Å². The summed E-state index contributed by atoms with van der Waals surface area (Å²) in [5, 5.41) is 7.85. The van der Waals surface area contributed by atoms with Crippen LogP contribution in [0.15, 0.2) is 18.2 Å². The zero-order chi connectivity index (χ0) is 13.6. The van der Waals surface area contributed by atoms with E-state index in [2.05, 4.69) is 5.32 Å². The molecule has 1 rings (SSSR count). The first kappa shape index (κ1) is 14.6. The third-order valence-corrected chi connectivity index (χ3v) is 2.89. The third kappa shape index (κ3) is 5.74. The average Bonchev–Trinajstić information content (AvgIpc) is 2.24. The number of nitrogens with two attached hydrogens (primary N) is 2. The Labute approximate surface area is 107 Å². The molecule has 7 heteroatoms. The van der Waals surface area contributed by atoms with Gasteiger partial charge < -0.3 is 15.8 Å². The maximum absolute atomic E-state index is 10.8. The van der Waals surface area contributed by atoms with E-state index >= 15 is 0 Å². The fourth-order valence-corrected chi connectivity index (χ4v) is 1.75. The number of benzene rings is 1. The van der Waals surface area contributed by atoms with Crippen molar-refractivity contribution in [2.75, 3.05) is 30.0 Å². The summed E-state index contributed by atoms with van der Waals surface area (Å²) in [4.78, 5) is 0. The van der Waals surface area contributed by atoms with E-state index in [4.69, 9.17) is 15.6 Å². The second kappa shape index (κ2) is 6.46. The molecule has 0 fully saturated rings. The van der Waals surface area contributed by atoms with Crippen LogP contribution in [0.5, 0.6) is 5.75 Å². The van der Waals surface area contributed by atoms with Crippen molar-refractivity contribution >= 4 is 21.4 Å². The maximum Gasteiger partial charge on any atom is 0.210 e. The molecule has 102 valence electrons. The van der Waals surface area contributed by atoms with Gasteiger partial charge in [-0.3, -0.25) is 0 Å². The molecule has 0 aliphatic rings. The van der Waals surface area contributed by atoms with Gasteiger partial charge >= 0.3 is 0 Å². The lowest BCUT2D eigenvalue weighted by Crippen LogP contribution is -2.22. The van der Waals surface area contributed by atoms with Crippen molar-refractivity contribution in [1.82, 2.24) is 0 Å². The van der Waals surface area contributed by atoms with Crippen LogP contribution in [0.4, 0.5) is 11.4 Å². The Morgan fingerprint density at radius 3 is 2.67 bits per heavy atom. The van der Waals surface area contributed by atoms with Crippen molar-refractivity contribution in [3.05, 3.63) is 18.2 Å². The van der Waals surface area contributed by atoms with Crippen molar-refractivity contribution in [1.29, 1.82) is 0 Å². The molecular formula is C11H19N3O3S. The van der Waals surface area contributed by atoms with Gasteiger partial charge in [0, 0.05) is 30.1 Å². The Hall–Kier alpha value is -1.47. The van der Waals surface area contributed by atoms with E-state index in [0.29, 0.717) is 23.7 Å². The highest BCUT2D eigenvalue weighted by Crippen LogP contribution is 2.22. The highest BCUT2D eigenvalue weighted by atomic mass is 32.2. The number of ether oxygens (including phenoxy) is 1. The lowest BCUT2D eigenvalue weighted by molar-refractivity contribution is 0.318. The van der Waals surface area contributed by atoms with Crippen molar-refractivity contribution in [2.24, 2.45) is 5.14 Å². The van der Waals surface area contributed by atoms with Crippen LogP contribution < -0.4 is 20.9 Å². The maximum atomic E-state index is 10.8. The van der Waals surface area contributed by atoms with Crippen LogP contribution in [0.2, 0.25) is 0 Å². The number of rotatable bonds is 7. The van der Waals surface area contributed by atoms with Gasteiger partial charge in [0.25, 0.3) is 0 Å². The van der Waals surface area contributed by atoms with Gasteiger partial charge in [-0.15, -0.1) is 0 Å². The first-order chi connectivity index (χ1) is 8.40. The van der Waals surface area contributed by atoms with Crippen molar-refractivity contribution in [3.63, 3.8) is 0 Å². The van der Waals surface area contributed by atoms with Crippen LogP contribution in [-0.4, -0.2) is 27.3 Å². The first-order valence-electron chi connectivity index (χ1n) is 5.68. The average molecular weight is 273 g/mol. The zero-order valence-electron chi connectivity index (χ0n) is 10.3. The molecule has 0 heterocycles. The molecule has 6 nitrogen and oxygen atoms in total. The Kier molecular flexibility index (Phi) is 5.24. The molecule has 5 N–H and O–H groups in total. The number of nitrogen functional groups attached to an aromatic ring is 1. The molecule has 0 bridgehead atoms. The van der Waals surface area contributed by atoms with Crippen molar-refractivity contribution in [2.45, 2.75) is 13.3 Å². The molecule has 18 heavy (non-hydrogen) atoms. The molecular weight excluding hydrogens is 254 g/mol. The van der Waals surface area contributed by atoms with E-state index < -0.39 is 10.0 Å². The minimum atomic E-state index is -3.45. The molecule has 0 amide bonds. The number of hydrogen-bond donors (Lipinski definition) is 3. The molecule has 0 unspecified atom stereocenters. The van der Waals surface area contributed by atoms with Gasteiger partial charge in [-0.05, 0) is 12.5 Å². The Morgan fingerprint density at radius 2 is 2.06 bits per heavy atom. The molecule has 0 saturated carbocycles. The van der Waals surface area contributed by atoms with Crippen LogP contribution >= 0.6 is 0 Å². The number of sulfonamides is 1. The molecule has 0 aliphatic carbocycles. The highest BCUT2D eigenvalue weighted by molar-refractivity contribution is 7.89. The van der Waals surface area contributed by atoms with E-state index in [-0.39, 0.29) is 12.3 Å². The van der Waals surface area contributed by atoms with E-state index in [1.54, 1.807) is 18.2 Å². The van der Waals surface area contributed by atoms with Crippen LogP contribution in [-0.2, 0) is 10.0 Å². The van der Waals surface area contributed by atoms with Gasteiger partial charge in [0.1, 0.15) is 5.75 Å². The first-order valence-corrected chi connectivity index (χ1v) is 7.40. The van der Waals surface area contributed by atoms with Crippen LogP contribution in [0, 0.1) is 0 Å². The highest BCUT2D eigenvalue weighted by Gasteiger charge is 2.03. The summed E-state index contributed by atoms with van der Waals surface area (Å²) >= 11 is 0. The minimum Gasteiger partial charge on any atom is -0.493 e. The lowest BCUT2D eigenvalue weighted by atomic mass is 10.2. The molecule has 0 spiro atoms. The second-order valence-corrected chi connectivity index (χ2v) is 5.67. The molecule has 1 aromatic rings. The molecule has 0 aliphatic heterocycles. The lowest BCUT2D eigenvalue weighted by Gasteiger charge is -2.10. The fourth-order valence-electron chi connectivity index (χ4n) is 1.37. The minimum absolute atomic E-state index is 0.132. The SMILES string of the molecule is CCCOc1cc(N)cc(NCCS(N)(=O)=O)c1. The summed E-state index contributed by atoms with van der Waals surface area (Å²) in [5.41, 5.74) is 7.00. The monoisotopic (exact) mass is 273 g/mol. The quantitative estimate of drug-likeness (QED) is 0.636. The summed E-state index contributed by atoms with van der Waals surface area (Å²) in [6, 6.07) is 5.21. The Balaban J connectivity index is 2.62. The predicted octanol–water partition coefficient (Wildman–Crippen LogP) is 0.758. The molecule has 0 saturated heterocycles. The number of anilines is 2.